The van der Waals surface area contributed by atoms with Crippen LogP contribution in [0.2, 0.25) is 5.15 Å². The van der Waals surface area contributed by atoms with Gasteiger partial charge >= 0.3 is 0 Å². The van der Waals surface area contributed by atoms with Gasteiger partial charge in [0.05, 0.1) is 0 Å². The third kappa shape index (κ3) is 2.66. The van der Waals surface area contributed by atoms with Crippen LogP contribution in [-0.2, 0) is 16.6 Å². The first-order chi connectivity index (χ1) is 9.47. The van der Waals surface area contributed by atoms with Gasteiger partial charge in [-0.05, 0) is 22.0 Å². The summed E-state index contributed by atoms with van der Waals surface area (Å²) < 4.78 is 29.6. The monoisotopic (exact) mass is 411 g/mol. The zero-order valence-corrected chi connectivity index (χ0v) is 14.5. The van der Waals surface area contributed by atoms with Crippen LogP contribution >= 0.6 is 50.2 Å². The Morgan fingerprint density at radius 3 is 2.95 bits per heavy atom. The molecule has 5 nitrogen and oxygen atoms in total. The van der Waals surface area contributed by atoms with Gasteiger partial charge in [0, 0.05) is 32.9 Å². The first-order valence-corrected chi connectivity index (χ1v) is 9.72. The van der Waals surface area contributed by atoms with Gasteiger partial charge in [-0.1, -0.05) is 11.6 Å². The van der Waals surface area contributed by atoms with Crippen LogP contribution in [0.3, 0.4) is 0 Å². The van der Waals surface area contributed by atoms with Gasteiger partial charge in [-0.3, -0.25) is 4.40 Å². The van der Waals surface area contributed by atoms with Gasteiger partial charge in [-0.15, -0.1) is 22.7 Å². The second kappa shape index (κ2) is 5.39. The molecule has 0 aromatic carbocycles. The predicted molar refractivity (Wildman–Crippen MR) is 84.1 cm³/mol. The van der Waals surface area contributed by atoms with Crippen LogP contribution in [-0.4, -0.2) is 17.8 Å². The summed E-state index contributed by atoms with van der Waals surface area (Å²) in [6, 6.07) is 1.87. The van der Waals surface area contributed by atoms with Crippen molar-refractivity contribution in [3.8, 4) is 0 Å². The normalized spacial score (nSPS) is 12.3. The van der Waals surface area contributed by atoms with Gasteiger partial charge in [0.25, 0.3) is 10.0 Å². The Morgan fingerprint density at radius 2 is 2.25 bits per heavy atom. The van der Waals surface area contributed by atoms with Gasteiger partial charge in [-0.2, -0.15) is 0 Å². The number of thiophene rings is 1. The van der Waals surface area contributed by atoms with E-state index in [-0.39, 0.29) is 16.7 Å². The Hall–Kier alpha value is -0.450. The molecule has 0 spiro atoms. The maximum atomic E-state index is 12.3. The molecule has 0 aliphatic heterocycles. The number of nitrogens with one attached hydrogen (secondary N) is 1. The summed E-state index contributed by atoms with van der Waals surface area (Å²) in [6.07, 6.45) is 1.63. The summed E-state index contributed by atoms with van der Waals surface area (Å²) in [5, 5.41) is 3.61. The summed E-state index contributed by atoms with van der Waals surface area (Å²) in [6.45, 7) is 0.215. The summed E-state index contributed by atoms with van der Waals surface area (Å²) in [4.78, 5) is 5.48. The van der Waals surface area contributed by atoms with Crippen LogP contribution in [0, 0.1) is 0 Å². The van der Waals surface area contributed by atoms with E-state index >= 15 is 0 Å². The van der Waals surface area contributed by atoms with Crippen LogP contribution in [0.4, 0.5) is 0 Å². The van der Waals surface area contributed by atoms with Crippen LogP contribution in [0.1, 0.15) is 4.88 Å². The maximum Gasteiger partial charge on any atom is 0.260 e. The smallest absolute Gasteiger partial charge is 0.260 e. The van der Waals surface area contributed by atoms with E-state index in [4.69, 9.17) is 11.6 Å². The number of nitrogens with zero attached hydrogens (tertiary/aromatic N) is 2. The number of sulfonamides is 1. The second-order valence-electron chi connectivity index (χ2n) is 3.82. The number of thiazole rings is 1. The van der Waals surface area contributed by atoms with E-state index in [1.54, 1.807) is 11.6 Å². The number of halogens is 2. The van der Waals surface area contributed by atoms with Crippen molar-refractivity contribution in [3.63, 3.8) is 0 Å². The van der Waals surface area contributed by atoms with Crippen molar-refractivity contribution in [2.75, 3.05) is 0 Å². The van der Waals surface area contributed by atoms with E-state index in [9.17, 15) is 8.42 Å². The molecule has 0 unspecified atom stereocenters. The molecule has 3 aromatic rings. The fraction of sp³-hybridized carbons (Fsp3) is 0.100. The van der Waals surface area contributed by atoms with Gasteiger partial charge in [0.15, 0.2) is 15.1 Å². The molecule has 0 bridgehead atoms. The summed E-state index contributed by atoms with van der Waals surface area (Å²) >= 11 is 12.1. The van der Waals surface area contributed by atoms with Gasteiger partial charge in [0.2, 0.25) is 0 Å². The Morgan fingerprint density at radius 1 is 1.45 bits per heavy atom. The number of hydrogen-bond acceptors (Lipinski definition) is 5. The number of fused-ring (bicyclic) bond motifs is 1. The number of rotatable bonds is 4. The van der Waals surface area contributed by atoms with Crippen LogP contribution in [0.25, 0.3) is 4.96 Å². The Bertz CT molecular complexity index is 867. The molecule has 1 N–H and O–H groups in total. The number of hydrogen-bond donors (Lipinski definition) is 1. The van der Waals surface area contributed by atoms with Crippen molar-refractivity contribution in [1.82, 2.24) is 14.1 Å². The highest BCUT2D eigenvalue weighted by Crippen LogP contribution is 2.26. The van der Waals surface area contributed by atoms with Crippen LogP contribution in [0.15, 0.2) is 32.5 Å². The highest BCUT2D eigenvalue weighted by molar-refractivity contribution is 9.10. The average molecular weight is 413 g/mol. The standard InChI is InChI=1S/C10H7BrClN3O2S3/c11-6-3-7(19-5-6)4-13-20(16,17)9-8(12)14-10-15(9)1-2-18-10/h1-3,5,13H,4H2. The minimum atomic E-state index is -3.72. The molecule has 0 radical (unpaired) electrons. The molecular formula is C10H7BrClN3O2S3. The lowest BCUT2D eigenvalue weighted by atomic mass is 10.5. The third-order valence-corrected chi connectivity index (χ3v) is 6.74. The van der Waals surface area contributed by atoms with Crippen molar-refractivity contribution >= 4 is 65.2 Å². The topological polar surface area (TPSA) is 63.5 Å². The van der Waals surface area contributed by atoms with Gasteiger partial charge in [-0.25, -0.2) is 18.1 Å². The molecule has 0 aliphatic carbocycles. The molecule has 0 amide bonds. The SMILES string of the molecule is O=S(=O)(NCc1cc(Br)cs1)c1c(Cl)nc2sccn12. The fourth-order valence-corrected chi connectivity index (χ4v) is 5.60. The van der Waals surface area contributed by atoms with Crippen LogP contribution < -0.4 is 4.72 Å². The molecule has 3 rings (SSSR count). The van der Waals surface area contributed by atoms with E-state index in [2.05, 4.69) is 25.6 Å². The lowest BCUT2D eigenvalue weighted by Crippen LogP contribution is -2.24. The minimum absolute atomic E-state index is 0.0169. The zero-order valence-electron chi connectivity index (χ0n) is 9.71. The molecule has 0 atom stereocenters. The molecule has 3 heterocycles. The van der Waals surface area contributed by atoms with Gasteiger partial charge in [0.1, 0.15) is 0 Å². The van der Waals surface area contributed by atoms with E-state index in [1.807, 2.05) is 11.4 Å². The molecule has 20 heavy (non-hydrogen) atoms. The lowest BCUT2D eigenvalue weighted by molar-refractivity contribution is 0.577. The van der Waals surface area contributed by atoms with E-state index in [0.29, 0.717) is 4.96 Å². The molecule has 0 saturated heterocycles. The van der Waals surface area contributed by atoms with Crippen molar-refractivity contribution in [1.29, 1.82) is 0 Å². The molecule has 0 fully saturated rings. The molecule has 106 valence electrons. The number of aromatic nitrogens is 2. The third-order valence-electron chi connectivity index (χ3n) is 2.49. The molecule has 0 aliphatic rings. The van der Waals surface area contributed by atoms with Crippen molar-refractivity contribution in [3.05, 3.63) is 37.5 Å². The summed E-state index contributed by atoms with van der Waals surface area (Å²) in [5.74, 6) is 0. The Kier molecular flexibility index (Phi) is 3.91. The molecule has 0 saturated carbocycles. The zero-order chi connectivity index (χ0) is 14.3. The lowest BCUT2D eigenvalue weighted by Gasteiger charge is -2.04. The summed E-state index contributed by atoms with van der Waals surface area (Å²) in [5.41, 5.74) is 0. The highest BCUT2D eigenvalue weighted by atomic mass is 79.9. The summed E-state index contributed by atoms with van der Waals surface area (Å²) in [7, 11) is -3.72. The minimum Gasteiger partial charge on any atom is -0.279 e. The van der Waals surface area contributed by atoms with Crippen molar-refractivity contribution < 1.29 is 8.42 Å². The van der Waals surface area contributed by atoms with E-state index in [1.165, 1.54) is 27.1 Å². The number of imidazole rings is 1. The van der Waals surface area contributed by atoms with E-state index < -0.39 is 10.0 Å². The fourth-order valence-electron chi connectivity index (χ4n) is 1.66. The highest BCUT2D eigenvalue weighted by Gasteiger charge is 2.24. The Labute approximate surface area is 136 Å². The average Bonchev–Trinajstić information content (AvgIpc) is 3.02. The van der Waals surface area contributed by atoms with E-state index in [0.717, 1.165) is 9.35 Å². The Balaban J connectivity index is 1.91. The van der Waals surface area contributed by atoms with Crippen molar-refractivity contribution in [2.45, 2.75) is 11.6 Å². The predicted octanol–water partition coefficient (Wildman–Crippen LogP) is 3.35. The van der Waals surface area contributed by atoms with Gasteiger partial charge < -0.3 is 0 Å². The molecule has 10 heteroatoms. The maximum absolute atomic E-state index is 12.3. The van der Waals surface area contributed by atoms with Crippen molar-refractivity contribution in [2.24, 2.45) is 0 Å². The second-order valence-corrected chi connectivity index (χ2v) is 8.64. The van der Waals surface area contributed by atoms with Crippen LogP contribution in [0.5, 0.6) is 0 Å². The quantitative estimate of drug-likeness (QED) is 0.715. The molecule has 3 aromatic heterocycles. The molecular weight excluding hydrogens is 406 g/mol. The first kappa shape index (κ1) is 14.5. The largest absolute Gasteiger partial charge is 0.279 e. The first-order valence-electron chi connectivity index (χ1n) is 5.31.